The topological polar surface area (TPSA) is 88.2 Å². The van der Waals surface area contributed by atoms with Crippen LogP contribution >= 0.6 is 22.9 Å². The summed E-state index contributed by atoms with van der Waals surface area (Å²) < 4.78 is 11.3. The fraction of sp³-hybridized carbons (Fsp3) is 0.381. The number of likely N-dealkylation sites (N-methyl/N-ethyl adjacent to an activating group) is 1. The summed E-state index contributed by atoms with van der Waals surface area (Å²) in [5.41, 5.74) is -0.332. The molecular weight excluding hydrogens is 442 g/mol. The van der Waals surface area contributed by atoms with E-state index >= 15 is 0 Å². The maximum atomic E-state index is 13.1. The van der Waals surface area contributed by atoms with E-state index in [1.165, 1.54) is 11.3 Å². The number of thiophene rings is 1. The van der Waals surface area contributed by atoms with Crippen molar-refractivity contribution in [3.63, 3.8) is 0 Å². The van der Waals surface area contributed by atoms with Gasteiger partial charge in [0, 0.05) is 17.8 Å². The second-order valence-electron chi connectivity index (χ2n) is 7.63. The number of nitrogens with one attached hydrogen (secondary N) is 1. The highest BCUT2D eigenvalue weighted by Crippen LogP contribution is 2.34. The molecule has 1 unspecified atom stereocenters. The zero-order valence-corrected chi connectivity index (χ0v) is 18.7. The predicted molar refractivity (Wildman–Crippen MR) is 115 cm³/mol. The van der Waals surface area contributed by atoms with Gasteiger partial charge in [0.15, 0.2) is 11.5 Å². The van der Waals surface area contributed by atoms with Crippen molar-refractivity contribution in [2.45, 2.75) is 32.4 Å². The van der Waals surface area contributed by atoms with Gasteiger partial charge in [-0.05, 0) is 43.7 Å². The molecule has 10 heteroatoms. The van der Waals surface area contributed by atoms with Crippen molar-refractivity contribution in [3.05, 3.63) is 45.1 Å². The van der Waals surface area contributed by atoms with Crippen LogP contribution in [0.4, 0.5) is 4.79 Å². The second kappa shape index (κ2) is 8.39. The molecular formula is C21H22ClN3O5S. The third-order valence-electron chi connectivity index (χ3n) is 5.34. The van der Waals surface area contributed by atoms with Crippen molar-refractivity contribution in [2.75, 3.05) is 19.9 Å². The van der Waals surface area contributed by atoms with Crippen LogP contribution in [-0.4, -0.2) is 53.1 Å². The van der Waals surface area contributed by atoms with Crippen LogP contribution in [0, 0.1) is 0 Å². The molecule has 1 fully saturated rings. The number of urea groups is 1. The number of benzene rings is 1. The van der Waals surface area contributed by atoms with Crippen LogP contribution in [0.5, 0.6) is 11.5 Å². The summed E-state index contributed by atoms with van der Waals surface area (Å²) in [6, 6.07) is 8.47. The minimum absolute atomic E-state index is 0.160. The Morgan fingerprint density at radius 3 is 2.74 bits per heavy atom. The van der Waals surface area contributed by atoms with Crippen LogP contribution in [0.2, 0.25) is 4.34 Å². The van der Waals surface area contributed by atoms with Crippen LogP contribution < -0.4 is 14.8 Å². The number of carbonyl (C=O) groups excluding carboxylic acids is 3. The van der Waals surface area contributed by atoms with Gasteiger partial charge in [0.25, 0.3) is 5.91 Å². The van der Waals surface area contributed by atoms with E-state index in [2.05, 4.69) is 5.32 Å². The van der Waals surface area contributed by atoms with E-state index in [0.29, 0.717) is 28.9 Å². The lowest BCUT2D eigenvalue weighted by Gasteiger charge is -2.24. The van der Waals surface area contributed by atoms with E-state index in [1.54, 1.807) is 30.0 Å². The van der Waals surface area contributed by atoms with E-state index in [9.17, 15) is 14.4 Å². The van der Waals surface area contributed by atoms with Gasteiger partial charge < -0.3 is 19.7 Å². The Bertz CT molecular complexity index is 1040. The number of imide groups is 1. The molecule has 0 aliphatic carbocycles. The molecule has 1 aromatic carbocycles. The fourth-order valence-electron chi connectivity index (χ4n) is 3.71. The maximum Gasteiger partial charge on any atom is 0.325 e. The Labute approximate surface area is 188 Å². The van der Waals surface area contributed by atoms with E-state index in [0.717, 1.165) is 15.3 Å². The maximum absolute atomic E-state index is 13.1. The molecule has 0 radical (unpaired) electrons. The smallest absolute Gasteiger partial charge is 0.325 e. The number of carbonyl (C=O) groups is 3. The molecule has 0 bridgehead atoms. The van der Waals surface area contributed by atoms with Crippen LogP contribution in [-0.2, 0) is 22.6 Å². The molecule has 0 spiro atoms. The van der Waals surface area contributed by atoms with Crippen molar-refractivity contribution in [3.8, 4) is 11.5 Å². The Hall–Kier alpha value is -2.78. The molecule has 1 N–H and O–H groups in total. The van der Waals surface area contributed by atoms with Crippen molar-refractivity contribution in [1.82, 2.24) is 15.1 Å². The minimum atomic E-state index is -1.15. The van der Waals surface area contributed by atoms with Gasteiger partial charge in [-0.3, -0.25) is 14.5 Å². The molecule has 164 valence electrons. The highest BCUT2D eigenvalue weighted by Gasteiger charge is 2.48. The van der Waals surface area contributed by atoms with Gasteiger partial charge in [0.1, 0.15) is 12.1 Å². The Kier molecular flexibility index (Phi) is 5.81. The first-order valence-electron chi connectivity index (χ1n) is 9.83. The molecule has 31 heavy (non-hydrogen) atoms. The molecule has 3 heterocycles. The van der Waals surface area contributed by atoms with Crippen molar-refractivity contribution >= 4 is 40.8 Å². The summed E-state index contributed by atoms with van der Waals surface area (Å²) in [5, 5.41) is 2.74. The normalized spacial score (nSPS) is 19.6. The van der Waals surface area contributed by atoms with Gasteiger partial charge in [-0.2, -0.15) is 0 Å². The third-order valence-corrected chi connectivity index (χ3v) is 6.56. The zero-order chi connectivity index (χ0) is 22.2. The number of hydrogen-bond donors (Lipinski definition) is 1. The molecule has 1 aromatic heterocycles. The molecule has 0 saturated carbocycles. The van der Waals surface area contributed by atoms with Gasteiger partial charge >= 0.3 is 6.03 Å². The molecule has 1 atom stereocenters. The van der Waals surface area contributed by atoms with E-state index in [-0.39, 0.29) is 25.7 Å². The lowest BCUT2D eigenvalue weighted by atomic mass is 9.92. The van der Waals surface area contributed by atoms with Crippen molar-refractivity contribution in [2.24, 2.45) is 0 Å². The van der Waals surface area contributed by atoms with Crippen LogP contribution in [0.15, 0.2) is 30.3 Å². The number of hydrogen-bond acceptors (Lipinski definition) is 6. The number of rotatable bonds is 7. The first-order valence-corrected chi connectivity index (χ1v) is 11.0. The number of fused-ring (bicyclic) bond motifs is 1. The Balaban J connectivity index is 1.44. The highest BCUT2D eigenvalue weighted by molar-refractivity contribution is 7.16. The number of amides is 4. The molecule has 2 aliphatic rings. The van der Waals surface area contributed by atoms with Crippen LogP contribution in [0.1, 0.15) is 24.3 Å². The minimum Gasteiger partial charge on any atom is -0.454 e. The number of nitrogens with zero attached hydrogens (tertiary/aromatic N) is 2. The fourth-order valence-corrected chi connectivity index (χ4v) is 4.81. The summed E-state index contributed by atoms with van der Waals surface area (Å²) in [5.74, 6) is 0.522. The zero-order valence-electron chi connectivity index (χ0n) is 17.1. The number of halogens is 1. The van der Waals surface area contributed by atoms with Crippen molar-refractivity contribution < 1.29 is 23.9 Å². The lowest BCUT2D eigenvalue weighted by Crippen LogP contribution is -2.47. The Morgan fingerprint density at radius 1 is 1.26 bits per heavy atom. The van der Waals surface area contributed by atoms with Crippen LogP contribution in [0.3, 0.4) is 0 Å². The van der Waals surface area contributed by atoms with Gasteiger partial charge in [0.2, 0.25) is 12.7 Å². The average molecular weight is 464 g/mol. The summed E-state index contributed by atoms with van der Waals surface area (Å²) in [7, 11) is 0. The van der Waals surface area contributed by atoms with Crippen molar-refractivity contribution in [1.29, 1.82) is 0 Å². The van der Waals surface area contributed by atoms with Gasteiger partial charge in [-0.15, -0.1) is 11.3 Å². The largest absolute Gasteiger partial charge is 0.454 e. The predicted octanol–water partition coefficient (Wildman–Crippen LogP) is 3.03. The summed E-state index contributed by atoms with van der Waals surface area (Å²) in [6.45, 7) is 4.19. The lowest BCUT2D eigenvalue weighted by molar-refractivity contribution is -0.139. The van der Waals surface area contributed by atoms with E-state index in [1.807, 2.05) is 19.1 Å². The summed E-state index contributed by atoms with van der Waals surface area (Å²) in [6.07, 6.45) is 0.268. The van der Waals surface area contributed by atoms with Gasteiger partial charge in [0.05, 0.1) is 10.9 Å². The SMILES string of the molecule is CCN(Cc1ccc(Cl)s1)C(=O)CN1C(=O)NC(C)(Cc2ccc3c(c2)OCO3)C1=O. The molecule has 8 nitrogen and oxygen atoms in total. The number of ether oxygens (including phenoxy) is 2. The molecule has 2 aliphatic heterocycles. The quantitative estimate of drug-likeness (QED) is 0.637. The Morgan fingerprint density at radius 2 is 2.03 bits per heavy atom. The standard InChI is InChI=1S/C21H22ClN3O5S/c1-3-24(10-14-5-7-17(22)31-14)18(26)11-25-19(27)21(2,23-20(25)28)9-13-4-6-15-16(8-13)30-12-29-15/h4-8H,3,9-12H2,1-2H3,(H,23,28). The first-order chi connectivity index (χ1) is 14.8. The first kappa shape index (κ1) is 21.5. The van der Waals surface area contributed by atoms with Gasteiger partial charge in [-0.25, -0.2) is 4.79 Å². The van der Waals surface area contributed by atoms with Gasteiger partial charge in [-0.1, -0.05) is 17.7 Å². The van der Waals surface area contributed by atoms with Crippen LogP contribution in [0.25, 0.3) is 0 Å². The molecule has 2 aromatic rings. The van der Waals surface area contributed by atoms with E-state index in [4.69, 9.17) is 21.1 Å². The summed E-state index contributed by atoms with van der Waals surface area (Å²) in [4.78, 5) is 42.0. The third kappa shape index (κ3) is 4.33. The summed E-state index contributed by atoms with van der Waals surface area (Å²) >= 11 is 7.36. The highest BCUT2D eigenvalue weighted by atomic mass is 35.5. The monoisotopic (exact) mass is 463 g/mol. The average Bonchev–Trinajstić information content (AvgIpc) is 3.41. The molecule has 4 rings (SSSR count). The molecule has 4 amide bonds. The molecule has 1 saturated heterocycles. The second-order valence-corrected chi connectivity index (χ2v) is 9.43. The van der Waals surface area contributed by atoms with E-state index < -0.39 is 17.5 Å².